The first kappa shape index (κ1) is 38.1. The van der Waals surface area contributed by atoms with Crippen molar-refractivity contribution in [2.24, 2.45) is 5.73 Å². The van der Waals surface area contributed by atoms with Gasteiger partial charge in [0.25, 0.3) is 22.5 Å². The third-order valence-corrected chi connectivity index (χ3v) is 6.25. The van der Waals surface area contributed by atoms with Crippen LogP contribution in [-0.2, 0) is 34.5 Å². The highest BCUT2D eigenvalue weighted by Crippen LogP contribution is 2.25. The summed E-state index contributed by atoms with van der Waals surface area (Å²) in [5.41, 5.74) is 2.47. The van der Waals surface area contributed by atoms with E-state index in [1.165, 1.54) is 67.5 Å². The summed E-state index contributed by atoms with van der Waals surface area (Å²) in [6, 6.07) is 7.45. The van der Waals surface area contributed by atoms with Gasteiger partial charge in [0, 0.05) is 49.1 Å². The highest BCUT2D eigenvalue weighted by Gasteiger charge is 2.39. The summed E-state index contributed by atoms with van der Waals surface area (Å²) in [5, 5.41) is 24.4. The Labute approximate surface area is 272 Å². The van der Waals surface area contributed by atoms with E-state index in [0.717, 1.165) is 29.1 Å². The molecule has 0 amide bonds. The van der Waals surface area contributed by atoms with E-state index in [1.54, 1.807) is 0 Å². The van der Waals surface area contributed by atoms with Crippen molar-refractivity contribution in [1.29, 1.82) is 0 Å². The molecule has 0 aliphatic carbocycles. The number of halogens is 5. The molecule has 252 valence electrons. The number of nitrogens with one attached hydrogen (secondary N) is 1. The van der Waals surface area contributed by atoms with Gasteiger partial charge in [-0.15, -0.1) is 0 Å². The molecule has 4 rings (SSSR count). The van der Waals surface area contributed by atoms with Crippen molar-refractivity contribution in [3.05, 3.63) is 121 Å². The zero-order valence-corrected chi connectivity index (χ0v) is 26.4. The van der Waals surface area contributed by atoms with Crippen LogP contribution in [0.4, 0.5) is 23.4 Å². The molecule has 4 aromatic heterocycles. The summed E-state index contributed by atoms with van der Waals surface area (Å²) in [4.78, 5) is 52.4. The number of Topliss-reactive ketones (excluding diaryl/α,β-unsaturated/α-hetero) is 2. The monoisotopic (exact) mass is 728 g/mol. The Balaban J connectivity index is 0.000000270. The number of ketones is 2. The first-order valence-corrected chi connectivity index (χ1v) is 14.1. The van der Waals surface area contributed by atoms with Gasteiger partial charge in [0.05, 0.1) is 26.2 Å². The normalized spacial score (nSPS) is 11.0. The van der Waals surface area contributed by atoms with Crippen molar-refractivity contribution >= 4 is 33.3 Å². The van der Waals surface area contributed by atoms with E-state index < -0.39 is 41.9 Å². The third-order valence-electron chi connectivity index (χ3n) is 5.70. The number of hydrogen-bond acceptors (Lipinski definition) is 10. The summed E-state index contributed by atoms with van der Waals surface area (Å²) < 4.78 is 56.5. The smallest absolute Gasteiger partial charge is 0.347 e. The number of aromatic nitrogens is 6. The molecule has 4 heterocycles. The van der Waals surface area contributed by atoms with Crippen LogP contribution in [0.2, 0.25) is 0 Å². The second kappa shape index (κ2) is 17.0. The van der Waals surface area contributed by atoms with Gasteiger partial charge in [0.1, 0.15) is 11.6 Å². The Kier molecular flexibility index (Phi) is 13.8. The quantitative estimate of drug-likeness (QED) is 0.138. The topological polar surface area (TPSA) is 196 Å². The standard InChI is InChI=1S/C14H14F2N4O3.C7H7BrN2O2.C7H8F2N2O/c1-10(21)8-19-7-5-17-12(13(19)22)18-9-14(15,16)11-4-2-3-6-20(11)23;1-5(11)4-10-3-2-9-6(8)7(10)12;8-7(9,5-10)6-3-1-2-4-11(6)12/h2-7H,8-9H2,1H3,(H,17,18);2-3H,4H2,1H3;1-4H,5,10H2. The SMILES string of the molecule is CC(=O)Cn1ccnc(Br)c1=O.CC(=O)Cn1ccnc(NCC(F)(F)c2cccc[n+]2[O-])c1=O.NCC(F)(F)c1cccc[n+]1[O-]. The molecule has 0 radical (unpaired) electrons. The van der Waals surface area contributed by atoms with Crippen molar-refractivity contribution in [3.63, 3.8) is 0 Å². The minimum absolute atomic E-state index is 0.0600. The van der Waals surface area contributed by atoms with Crippen LogP contribution in [0.15, 0.2) is 87.8 Å². The zero-order valence-electron chi connectivity index (χ0n) is 24.9. The molecule has 3 N–H and O–H groups in total. The van der Waals surface area contributed by atoms with Gasteiger partial charge in [-0.25, -0.2) is 9.97 Å². The van der Waals surface area contributed by atoms with E-state index in [0.29, 0.717) is 0 Å². The minimum atomic E-state index is -3.50. The summed E-state index contributed by atoms with van der Waals surface area (Å²) in [7, 11) is 0. The largest absolute Gasteiger partial charge is 0.618 e. The molecule has 0 spiro atoms. The van der Waals surface area contributed by atoms with E-state index in [2.05, 4.69) is 31.2 Å². The molecule has 0 atom stereocenters. The molecule has 0 aliphatic rings. The molecular weight excluding hydrogens is 700 g/mol. The number of nitrogens with zero attached hydrogens (tertiary/aromatic N) is 6. The second-order valence-corrected chi connectivity index (χ2v) is 10.3. The Bertz CT molecular complexity index is 1810. The fourth-order valence-electron chi connectivity index (χ4n) is 3.53. The van der Waals surface area contributed by atoms with Crippen LogP contribution < -0.4 is 31.6 Å². The van der Waals surface area contributed by atoms with Gasteiger partial charge in [0.2, 0.25) is 0 Å². The van der Waals surface area contributed by atoms with Crippen molar-refractivity contribution in [3.8, 4) is 0 Å². The average molecular weight is 729 g/mol. The highest BCUT2D eigenvalue weighted by molar-refractivity contribution is 9.10. The van der Waals surface area contributed by atoms with Crippen LogP contribution in [0.25, 0.3) is 0 Å². The number of anilines is 1. The van der Waals surface area contributed by atoms with Crippen LogP contribution in [0.3, 0.4) is 0 Å². The lowest BCUT2D eigenvalue weighted by atomic mass is 10.2. The van der Waals surface area contributed by atoms with E-state index in [9.17, 15) is 47.2 Å². The van der Waals surface area contributed by atoms with Crippen LogP contribution in [0.5, 0.6) is 0 Å². The molecule has 19 heteroatoms. The number of pyridine rings is 2. The molecule has 0 aliphatic heterocycles. The predicted molar refractivity (Wildman–Crippen MR) is 162 cm³/mol. The molecule has 0 saturated carbocycles. The molecule has 4 aromatic rings. The van der Waals surface area contributed by atoms with E-state index >= 15 is 0 Å². The van der Waals surface area contributed by atoms with Gasteiger partial charge in [-0.3, -0.25) is 19.2 Å². The van der Waals surface area contributed by atoms with Crippen LogP contribution in [0, 0.1) is 10.4 Å². The van der Waals surface area contributed by atoms with Crippen LogP contribution in [-0.4, -0.2) is 43.8 Å². The number of rotatable bonds is 10. The fraction of sp³-hybridized carbons (Fsp3) is 0.286. The molecule has 14 nitrogen and oxygen atoms in total. The molecule has 0 aromatic carbocycles. The molecule has 0 fully saturated rings. The maximum atomic E-state index is 14.1. The number of alkyl halides is 4. The third kappa shape index (κ3) is 11.4. The molecule has 47 heavy (non-hydrogen) atoms. The second-order valence-electron chi connectivity index (χ2n) is 9.55. The average Bonchev–Trinajstić information content (AvgIpc) is 3.00. The first-order valence-electron chi connectivity index (χ1n) is 13.3. The number of carbonyl (C=O) groups is 2. The lowest BCUT2D eigenvalue weighted by Gasteiger charge is -2.16. The maximum absolute atomic E-state index is 14.1. The van der Waals surface area contributed by atoms with Crippen molar-refractivity contribution < 1.29 is 36.6 Å². The van der Waals surface area contributed by atoms with E-state index in [-0.39, 0.29) is 50.1 Å². The number of hydrogen-bond donors (Lipinski definition) is 2. The fourth-order valence-corrected chi connectivity index (χ4v) is 3.88. The summed E-state index contributed by atoms with van der Waals surface area (Å²) >= 11 is 2.98. The Morgan fingerprint density at radius 2 is 1.32 bits per heavy atom. The lowest BCUT2D eigenvalue weighted by molar-refractivity contribution is -0.624. The Morgan fingerprint density at radius 1 is 0.851 bits per heavy atom. The Hall–Kier alpha value is -5.04. The van der Waals surface area contributed by atoms with Gasteiger partial charge in [0.15, 0.2) is 22.8 Å². The summed E-state index contributed by atoms with van der Waals surface area (Å²) in [6.45, 7) is 0.813. The molecule has 0 unspecified atom stereocenters. The lowest BCUT2D eigenvalue weighted by Crippen LogP contribution is -2.41. The Morgan fingerprint density at radius 3 is 1.79 bits per heavy atom. The molecule has 0 saturated heterocycles. The van der Waals surface area contributed by atoms with E-state index in [4.69, 9.17) is 5.73 Å². The minimum Gasteiger partial charge on any atom is -0.618 e. The molecular formula is C28H29BrF4N8O6. The zero-order chi connectivity index (χ0) is 35.4. The predicted octanol–water partition coefficient (Wildman–Crippen LogP) is 1.63. The van der Waals surface area contributed by atoms with Crippen molar-refractivity contribution in [2.75, 3.05) is 18.4 Å². The van der Waals surface area contributed by atoms with Crippen molar-refractivity contribution in [2.45, 2.75) is 38.8 Å². The maximum Gasteiger partial charge on any atom is 0.347 e. The van der Waals surface area contributed by atoms with Gasteiger partial charge in [-0.2, -0.15) is 27.0 Å². The summed E-state index contributed by atoms with van der Waals surface area (Å²) in [5.74, 6) is -7.38. The summed E-state index contributed by atoms with van der Waals surface area (Å²) in [6.07, 6.45) is 7.43. The van der Waals surface area contributed by atoms with Gasteiger partial charge in [-0.05, 0) is 41.9 Å². The molecule has 0 bridgehead atoms. The van der Waals surface area contributed by atoms with Gasteiger partial charge < -0.3 is 30.6 Å². The number of nitrogens with two attached hydrogens (primary N) is 1. The first-order chi connectivity index (χ1) is 22.0. The van der Waals surface area contributed by atoms with E-state index in [1.807, 2.05) is 0 Å². The van der Waals surface area contributed by atoms with Crippen molar-refractivity contribution in [1.82, 2.24) is 19.1 Å². The highest BCUT2D eigenvalue weighted by atomic mass is 79.9. The van der Waals surface area contributed by atoms with Gasteiger partial charge >= 0.3 is 11.8 Å². The van der Waals surface area contributed by atoms with Crippen LogP contribution in [0.1, 0.15) is 25.2 Å². The van der Waals surface area contributed by atoms with Crippen LogP contribution >= 0.6 is 15.9 Å². The van der Waals surface area contributed by atoms with Gasteiger partial charge in [-0.1, -0.05) is 0 Å². The number of carbonyl (C=O) groups excluding carboxylic acids is 2.